The fourth-order valence-electron chi connectivity index (χ4n) is 2.44. The van der Waals surface area contributed by atoms with Gasteiger partial charge in [0, 0.05) is 0 Å². The highest BCUT2D eigenvalue weighted by atomic mass is 16.4. The number of amides is 3. The van der Waals surface area contributed by atoms with Crippen LogP contribution in [0.1, 0.15) is 32.1 Å². The van der Waals surface area contributed by atoms with Crippen LogP contribution in [0.2, 0.25) is 0 Å². The highest BCUT2D eigenvalue weighted by molar-refractivity contribution is 5.96. The Kier molecular flexibility index (Phi) is 13.1. The molecule has 0 fully saturated rings. The van der Waals surface area contributed by atoms with Gasteiger partial charge in [0.15, 0.2) is 0 Å². The van der Waals surface area contributed by atoms with Crippen LogP contribution in [0.15, 0.2) is 0 Å². The van der Waals surface area contributed by atoms with Crippen molar-refractivity contribution in [1.29, 1.82) is 0 Å². The Morgan fingerprint density at radius 3 is 1.69 bits per heavy atom. The van der Waals surface area contributed by atoms with Gasteiger partial charge in [-0.25, -0.2) is 4.79 Å². The number of carbonyl (C=O) groups is 6. The number of unbranched alkanes of at least 4 members (excludes halogenated alkanes) is 1. The maximum absolute atomic E-state index is 12.6. The number of aliphatic hydroxyl groups excluding tert-OH is 1. The monoisotopic (exact) mass is 463 g/mol. The summed E-state index contributed by atoms with van der Waals surface area (Å²) in [6.45, 7) is -0.639. The molecule has 0 aromatic carbocycles. The first-order valence-corrected chi connectivity index (χ1v) is 9.56. The van der Waals surface area contributed by atoms with Crippen LogP contribution in [-0.2, 0) is 28.8 Å². The van der Waals surface area contributed by atoms with Crippen molar-refractivity contribution in [3.63, 3.8) is 0 Å². The van der Waals surface area contributed by atoms with Crippen molar-refractivity contribution >= 4 is 35.6 Å². The van der Waals surface area contributed by atoms with E-state index in [1.54, 1.807) is 0 Å². The summed E-state index contributed by atoms with van der Waals surface area (Å²) in [7, 11) is 0. The summed E-state index contributed by atoms with van der Waals surface area (Å²) in [4.78, 5) is 69.8. The minimum Gasteiger partial charge on any atom is -0.481 e. The Hall–Kier alpha value is -3.30. The average molecular weight is 463 g/mol. The van der Waals surface area contributed by atoms with E-state index < -0.39 is 79.2 Å². The van der Waals surface area contributed by atoms with Crippen molar-refractivity contribution < 1.29 is 49.2 Å². The van der Waals surface area contributed by atoms with Gasteiger partial charge < -0.3 is 47.8 Å². The van der Waals surface area contributed by atoms with Crippen LogP contribution < -0.4 is 27.4 Å². The van der Waals surface area contributed by atoms with Crippen LogP contribution in [0.3, 0.4) is 0 Å². The number of hydrogen-bond acceptors (Lipinski definition) is 9. The maximum Gasteiger partial charge on any atom is 0.328 e. The van der Waals surface area contributed by atoms with Gasteiger partial charge in [-0.15, -0.1) is 0 Å². The molecule has 11 N–H and O–H groups in total. The minimum atomic E-state index is -1.70. The number of carboxylic acid groups (broad SMARTS) is 3. The van der Waals surface area contributed by atoms with Gasteiger partial charge >= 0.3 is 17.9 Å². The zero-order valence-corrected chi connectivity index (χ0v) is 17.2. The van der Waals surface area contributed by atoms with E-state index in [0.717, 1.165) is 0 Å². The molecule has 0 aliphatic rings. The number of nitrogens with one attached hydrogen (secondary N) is 3. The minimum absolute atomic E-state index is 0.00118. The summed E-state index contributed by atoms with van der Waals surface area (Å²) in [6.07, 6.45) is -0.872. The molecule has 0 aliphatic heterocycles. The molecular formula is C17H29N5O10. The lowest BCUT2D eigenvalue weighted by molar-refractivity contribution is -0.144. The fraction of sp³-hybridized carbons (Fsp3) is 0.647. The summed E-state index contributed by atoms with van der Waals surface area (Å²) in [5, 5.41) is 42.0. The molecule has 15 nitrogen and oxygen atoms in total. The predicted molar refractivity (Wildman–Crippen MR) is 106 cm³/mol. The lowest BCUT2D eigenvalue weighted by atomic mass is 10.1. The molecular weight excluding hydrogens is 434 g/mol. The van der Waals surface area contributed by atoms with E-state index in [0.29, 0.717) is 12.8 Å². The Balaban J connectivity index is 5.44. The normalized spacial score (nSPS) is 14.3. The largest absolute Gasteiger partial charge is 0.481 e. The van der Waals surface area contributed by atoms with Gasteiger partial charge in [0.2, 0.25) is 17.7 Å². The first-order valence-electron chi connectivity index (χ1n) is 9.56. The van der Waals surface area contributed by atoms with E-state index >= 15 is 0 Å². The molecule has 0 saturated carbocycles. The van der Waals surface area contributed by atoms with E-state index in [1.165, 1.54) is 0 Å². The topological polar surface area (TPSA) is 271 Å². The molecule has 32 heavy (non-hydrogen) atoms. The van der Waals surface area contributed by atoms with E-state index in [2.05, 4.69) is 5.32 Å². The molecule has 0 aliphatic carbocycles. The van der Waals surface area contributed by atoms with Crippen LogP contribution in [-0.4, -0.2) is 93.4 Å². The Labute approximate surface area is 182 Å². The second-order valence-corrected chi connectivity index (χ2v) is 6.79. The van der Waals surface area contributed by atoms with E-state index in [1.807, 2.05) is 10.6 Å². The van der Waals surface area contributed by atoms with Crippen molar-refractivity contribution in [1.82, 2.24) is 16.0 Å². The molecule has 0 aromatic heterocycles. The van der Waals surface area contributed by atoms with Crippen molar-refractivity contribution in [2.75, 3.05) is 13.2 Å². The molecule has 0 aromatic rings. The van der Waals surface area contributed by atoms with Crippen molar-refractivity contribution in [3.8, 4) is 0 Å². The smallest absolute Gasteiger partial charge is 0.328 e. The van der Waals surface area contributed by atoms with Crippen LogP contribution >= 0.6 is 0 Å². The Morgan fingerprint density at radius 1 is 0.719 bits per heavy atom. The maximum atomic E-state index is 12.6. The molecule has 0 bridgehead atoms. The second-order valence-electron chi connectivity index (χ2n) is 6.79. The molecule has 0 saturated heterocycles. The number of nitrogens with two attached hydrogens (primary N) is 2. The second kappa shape index (κ2) is 14.7. The standard InChI is InChI=1S/C17H29N5O10/c18-4-2-1-3-9(15(29)22-11(7-23)17(31)32)20-16(30)10(6-13(26)27)21-14(28)8(19)5-12(24)25/h8-11,23H,1-7,18-19H2,(H,20,30)(H,21,28)(H,22,29)(H,24,25)(H,26,27)(H,31,32). The molecule has 0 heterocycles. The molecule has 15 heteroatoms. The van der Waals surface area contributed by atoms with Crippen LogP contribution in [0.5, 0.6) is 0 Å². The van der Waals surface area contributed by atoms with Crippen LogP contribution in [0.4, 0.5) is 0 Å². The third kappa shape index (κ3) is 11.2. The summed E-state index contributed by atoms with van der Waals surface area (Å²) in [5.41, 5.74) is 10.8. The molecule has 4 unspecified atom stereocenters. The quantitative estimate of drug-likeness (QED) is 0.0988. The molecule has 0 spiro atoms. The van der Waals surface area contributed by atoms with Crippen molar-refractivity contribution in [2.24, 2.45) is 11.5 Å². The summed E-state index contributed by atoms with van der Waals surface area (Å²) >= 11 is 0. The van der Waals surface area contributed by atoms with Crippen LogP contribution in [0, 0.1) is 0 Å². The van der Waals surface area contributed by atoms with Crippen LogP contribution in [0.25, 0.3) is 0 Å². The van der Waals surface area contributed by atoms with Gasteiger partial charge in [-0.05, 0) is 25.8 Å². The average Bonchev–Trinajstić information content (AvgIpc) is 2.69. The van der Waals surface area contributed by atoms with Gasteiger partial charge in [-0.1, -0.05) is 0 Å². The van der Waals surface area contributed by atoms with E-state index in [9.17, 15) is 28.8 Å². The summed E-state index contributed by atoms with van der Waals surface area (Å²) in [5.74, 6) is -7.53. The molecule has 4 atom stereocenters. The van der Waals surface area contributed by atoms with Crippen molar-refractivity contribution in [2.45, 2.75) is 56.3 Å². The Bertz CT molecular complexity index is 701. The third-order valence-electron chi connectivity index (χ3n) is 4.12. The third-order valence-corrected chi connectivity index (χ3v) is 4.12. The molecule has 182 valence electrons. The molecule has 0 rings (SSSR count). The lowest BCUT2D eigenvalue weighted by Crippen LogP contribution is -2.58. The van der Waals surface area contributed by atoms with Gasteiger partial charge in [0.05, 0.1) is 25.5 Å². The SMILES string of the molecule is NCCCCC(NC(=O)C(CC(=O)O)NC(=O)C(N)CC(=O)O)C(=O)NC(CO)C(=O)O. The predicted octanol–water partition coefficient (Wildman–Crippen LogP) is -4.08. The molecule has 3 amide bonds. The number of carbonyl (C=O) groups excluding carboxylic acids is 3. The number of hydrogen-bond donors (Lipinski definition) is 9. The number of aliphatic carboxylic acids is 3. The molecule has 0 radical (unpaired) electrons. The van der Waals surface area contributed by atoms with Gasteiger partial charge in [-0.3, -0.25) is 24.0 Å². The van der Waals surface area contributed by atoms with Gasteiger partial charge in [-0.2, -0.15) is 0 Å². The van der Waals surface area contributed by atoms with Gasteiger partial charge in [0.25, 0.3) is 0 Å². The zero-order valence-electron chi connectivity index (χ0n) is 17.2. The first-order chi connectivity index (χ1) is 14.9. The highest BCUT2D eigenvalue weighted by Gasteiger charge is 2.31. The number of rotatable bonds is 16. The summed E-state index contributed by atoms with van der Waals surface area (Å²) < 4.78 is 0. The highest BCUT2D eigenvalue weighted by Crippen LogP contribution is 2.04. The van der Waals surface area contributed by atoms with E-state index in [-0.39, 0.29) is 13.0 Å². The van der Waals surface area contributed by atoms with Gasteiger partial charge in [0.1, 0.15) is 18.1 Å². The number of aliphatic hydroxyl groups is 1. The van der Waals surface area contributed by atoms with E-state index in [4.69, 9.17) is 31.9 Å². The van der Waals surface area contributed by atoms with Crippen molar-refractivity contribution in [3.05, 3.63) is 0 Å². The summed E-state index contributed by atoms with van der Waals surface area (Å²) in [6, 6.07) is -6.22. The zero-order chi connectivity index (χ0) is 24.8. The number of carboxylic acids is 3. The Morgan fingerprint density at radius 2 is 1.22 bits per heavy atom. The lowest BCUT2D eigenvalue weighted by Gasteiger charge is -2.24. The fourth-order valence-corrected chi connectivity index (χ4v) is 2.44. The first kappa shape index (κ1) is 28.7.